The van der Waals surface area contributed by atoms with E-state index in [1.165, 1.54) is 5.56 Å². The molecule has 0 aliphatic heterocycles. The Kier molecular flexibility index (Phi) is 4.85. The standard InChI is InChI=1S/C15H19NO2/c1-13(14-8-11-17-12-14)16-9-5-10-18-15-6-3-2-4-7-15/h2-4,6-8,11-13,16H,5,9-10H2,1H3. The fourth-order valence-corrected chi connectivity index (χ4v) is 1.74. The summed E-state index contributed by atoms with van der Waals surface area (Å²) in [6.07, 6.45) is 4.46. The molecule has 0 fully saturated rings. The first-order chi connectivity index (χ1) is 8.86. The highest BCUT2D eigenvalue weighted by Gasteiger charge is 2.04. The van der Waals surface area contributed by atoms with E-state index < -0.39 is 0 Å². The summed E-state index contributed by atoms with van der Waals surface area (Å²) in [5.74, 6) is 0.931. The van der Waals surface area contributed by atoms with Crippen LogP contribution in [0.25, 0.3) is 0 Å². The first-order valence-corrected chi connectivity index (χ1v) is 6.29. The van der Waals surface area contributed by atoms with Crippen molar-refractivity contribution in [1.29, 1.82) is 0 Å². The molecule has 0 saturated heterocycles. The second-order valence-electron chi connectivity index (χ2n) is 4.25. The molecular weight excluding hydrogens is 226 g/mol. The molecule has 0 bridgehead atoms. The van der Waals surface area contributed by atoms with Gasteiger partial charge < -0.3 is 14.5 Å². The van der Waals surface area contributed by atoms with Gasteiger partial charge in [-0.1, -0.05) is 18.2 Å². The molecule has 1 aromatic carbocycles. The zero-order valence-corrected chi connectivity index (χ0v) is 10.6. The van der Waals surface area contributed by atoms with E-state index in [1.807, 2.05) is 36.4 Å². The third-order valence-corrected chi connectivity index (χ3v) is 2.83. The number of hydrogen-bond acceptors (Lipinski definition) is 3. The Balaban J connectivity index is 1.59. The van der Waals surface area contributed by atoms with Gasteiger partial charge in [-0.05, 0) is 38.1 Å². The molecule has 1 aromatic heterocycles. The summed E-state index contributed by atoms with van der Waals surface area (Å²) in [6.45, 7) is 3.79. The molecule has 1 heterocycles. The Bertz CT molecular complexity index is 425. The van der Waals surface area contributed by atoms with Gasteiger partial charge >= 0.3 is 0 Å². The molecule has 2 aromatic rings. The molecular formula is C15H19NO2. The number of benzene rings is 1. The van der Waals surface area contributed by atoms with Gasteiger partial charge in [-0.3, -0.25) is 0 Å². The van der Waals surface area contributed by atoms with E-state index in [4.69, 9.17) is 9.15 Å². The number of rotatable bonds is 7. The fourth-order valence-electron chi connectivity index (χ4n) is 1.74. The maximum absolute atomic E-state index is 5.62. The smallest absolute Gasteiger partial charge is 0.119 e. The van der Waals surface area contributed by atoms with Crippen molar-refractivity contribution in [2.75, 3.05) is 13.2 Å². The molecule has 1 N–H and O–H groups in total. The maximum atomic E-state index is 5.62. The van der Waals surface area contributed by atoms with Crippen molar-refractivity contribution in [3.8, 4) is 5.75 Å². The van der Waals surface area contributed by atoms with E-state index in [-0.39, 0.29) is 0 Å². The summed E-state index contributed by atoms with van der Waals surface area (Å²) in [6, 6.07) is 12.2. The van der Waals surface area contributed by atoms with Crippen molar-refractivity contribution in [3.63, 3.8) is 0 Å². The third-order valence-electron chi connectivity index (χ3n) is 2.83. The monoisotopic (exact) mass is 245 g/mol. The molecule has 0 spiro atoms. The van der Waals surface area contributed by atoms with Crippen LogP contribution < -0.4 is 10.1 Å². The molecule has 96 valence electrons. The number of ether oxygens (including phenoxy) is 1. The molecule has 3 heteroatoms. The molecule has 1 unspecified atom stereocenters. The minimum absolute atomic E-state index is 0.320. The quantitative estimate of drug-likeness (QED) is 0.759. The van der Waals surface area contributed by atoms with Crippen LogP contribution in [0.3, 0.4) is 0 Å². The predicted molar refractivity (Wildman–Crippen MR) is 71.7 cm³/mol. The number of nitrogens with one attached hydrogen (secondary N) is 1. The van der Waals surface area contributed by atoms with Crippen LogP contribution in [-0.2, 0) is 0 Å². The molecule has 0 saturated carbocycles. The summed E-state index contributed by atoms with van der Waals surface area (Å²) in [7, 11) is 0. The zero-order chi connectivity index (χ0) is 12.6. The number of furan rings is 1. The van der Waals surface area contributed by atoms with Gasteiger partial charge in [0.2, 0.25) is 0 Å². The van der Waals surface area contributed by atoms with Gasteiger partial charge in [0.1, 0.15) is 5.75 Å². The van der Waals surface area contributed by atoms with Crippen LogP contribution in [0, 0.1) is 0 Å². The molecule has 0 radical (unpaired) electrons. The van der Waals surface area contributed by atoms with Gasteiger partial charge in [0.05, 0.1) is 19.1 Å². The molecule has 1 atom stereocenters. The highest BCUT2D eigenvalue weighted by atomic mass is 16.5. The summed E-state index contributed by atoms with van der Waals surface area (Å²) in [5, 5.41) is 3.43. The lowest BCUT2D eigenvalue weighted by Crippen LogP contribution is -2.21. The predicted octanol–water partition coefficient (Wildman–Crippen LogP) is 3.40. The maximum Gasteiger partial charge on any atom is 0.119 e. The topological polar surface area (TPSA) is 34.4 Å². The first-order valence-electron chi connectivity index (χ1n) is 6.29. The molecule has 18 heavy (non-hydrogen) atoms. The second kappa shape index (κ2) is 6.87. The Labute approximate surface area is 108 Å². The van der Waals surface area contributed by atoms with Crippen LogP contribution in [0.15, 0.2) is 53.3 Å². The average molecular weight is 245 g/mol. The molecule has 0 aliphatic carbocycles. The van der Waals surface area contributed by atoms with Gasteiger partial charge in [0, 0.05) is 11.6 Å². The average Bonchev–Trinajstić information content (AvgIpc) is 2.93. The normalized spacial score (nSPS) is 12.3. The van der Waals surface area contributed by atoms with E-state index in [0.29, 0.717) is 6.04 Å². The van der Waals surface area contributed by atoms with Crippen molar-refractivity contribution >= 4 is 0 Å². The van der Waals surface area contributed by atoms with Gasteiger partial charge in [0.15, 0.2) is 0 Å². The van der Waals surface area contributed by atoms with Crippen molar-refractivity contribution in [3.05, 3.63) is 54.5 Å². The molecule has 2 rings (SSSR count). The van der Waals surface area contributed by atoms with Crippen molar-refractivity contribution in [2.24, 2.45) is 0 Å². The number of hydrogen-bond donors (Lipinski definition) is 1. The van der Waals surface area contributed by atoms with Crippen molar-refractivity contribution in [2.45, 2.75) is 19.4 Å². The fraction of sp³-hybridized carbons (Fsp3) is 0.333. The van der Waals surface area contributed by atoms with Crippen LogP contribution in [0.2, 0.25) is 0 Å². The summed E-state index contributed by atoms with van der Waals surface area (Å²) in [5.41, 5.74) is 1.18. The van der Waals surface area contributed by atoms with E-state index in [1.54, 1.807) is 12.5 Å². The Morgan fingerprint density at radius 2 is 2.06 bits per heavy atom. The zero-order valence-electron chi connectivity index (χ0n) is 10.6. The highest BCUT2D eigenvalue weighted by molar-refractivity contribution is 5.20. The molecule has 0 aliphatic rings. The third kappa shape index (κ3) is 3.93. The van der Waals surface area contributed by atoms with Crippen molar-refractivity contribution in [1.82, 2.24) is 5.32 Å². The molecule has 0 amide bonds. The van der Waals surface area contributed by atoms with Crippen LogP contribution >= 0.6 is 0 Å². The Hall–Kier alpha value is -1.74. The van der Waals surface area contributed by atoms with Gasteiger partial charge in [-0.25, -0.2) is 0 Å². The lowest BCUT2D eigenvalue weighted by atomic mass is 10.2. The Morgan fingerprint density at radius 3 is 2.78 bits per heavy atom. The minimum atomic E-state index is 0.320. The summed E-state index contributed by atoms with van der Waals surface area (Å²) < 4.78 is 10.7. The molecule has 3 nitrogen and oxygen atoms in total. The van der Waals surface area contributed by atoms with E-state index in [0.717, 1.165) is 25.3 Å². The highest BCUT2D eigenvalue weighted by Crippen LogP contribution is 2.12. The van der Waals surface area contributed by atoms with Crippen LogP contribution in [0.4, 0.5) is 0 Å². The van der Waals surface area contributed by atoms with Crippen molar-refractivity contribution < 1.29 is 9.15 Å². The lowest BCUT2D eigenvalue weighted by Gasteiger charge is -2.12. The Morgan fingerprint density at radius 1 is 1.22 bits per heavy atom. The number of para-hydroxylation sites is 1. The minimum Gasteiger partial charge on any atom is -0.494 e. The van der Waals surface area contributed by atoms with Crippen LogP contribution in [0.5, 0.6) is 5.75 Å². The van der Waals surface area contributed by atoms with E-state index in [9.17, 15) is 0 Å². The first kappa shape index (κ1) is 12.7. The lowest BCUT2D eigenvalue weighted by molar-refractivity contribution is 0.305. The summed E-state index contributed by atoms with van der Waals surface area (Å²) in [4.78, 5) is 0. The van der Waals surface area contributed by atoms with E-state index >= 15 is 0 Å². The van der Waals surface area contributed by atoms with Gasteiger partial charge in [-0.2, -0.15) is 0 Å². The summed E-state index contributed by atoms with van der Waals surface area (Å²) >= 11 is 0. The van der Waals surface area contributed by atoms with E-state index in [2.05, 4.69) is 12.2 Å². The van der Waals surface area contributed by atoms with Crippen LogP contribution in [0.1, 0.15) is 24.9 Å². The second-order valence-corrected chi connectivity index (χ2v) is 4.25. The largest absolute Gasteiger partial charge is 0.494 e. The van der Waals surface area contributed by atoms with Crippen LogP contribution in [-0.4, -0.2) is 13.2 Å². The van der Waals surface area contributed by atoms with Gasteiger partial charge in [0.25, 0.3) is 0 Å². The SMILES string of the molecule is CC(NCCCOc1ccccc1)c1ccoc1. The van der Waals surface area contributed by atoms with Gasteiger partial charge in [-0.15, -0.1) is 0 Å².